The molecule has 1 aliphatic heterocycles. The molecule has 0 N–H and O–H groups in total. The summed E-state index contributed by atoms with van der Waals surface area (Å²) in [4.78, 5) is 16.0. The number of aliphatic imine (C=N–C) groups is 2. The van der Waals surface area contributed by atoms with E-state index in [0.717, 1.165) is 0 Å². The monoisotopic (exact) mass is 140 g/mol. The molecule has 48 valence electrons. The van der Waals surface area contributed by atoms with E-state index in [1.807, 2.05) is 0 Å². The Morgan fingerprint density at radius 2 is 1.73 bits per heavy atom. The van der Waals surface area contributed by atoms with Crippen molar-refractivity contribution in [3.63, 3.8) is 0 Å². The zero-order valence-corrected chi connectivity index (χ0v) is 6.33. The van der Waals surface area contributed by atoms with Crippen molar-refractivity contribution in [2.24, 2.45) is 9.98 Å². The van der Waals surface area contributed by atoms with Gasteiger partial charge >= 0.3 is 37.7 Å². The zero-order chi connectivity index (χ0) is 6.85. The van der Waals surface area contributed by atoms with E-state index in [2.05, 4.69) is 9.98 Å². The second-order valence-corrected chi connectivity index (χ2v) is 1.47. The molecule has 7 heteroatoms. The molecule has 0 aromatic carbocycles. The molecule has 1 rings (SSSR count). The predicted molar refractivity (Wildman–Crippen MR) is 24.5 cm³/mol. The summed E-state index contributed by atoms with van der Waals surface area (Å²) in [5.74, 6) is -1.42. The molecule has 1 heterocycles. The van der Waals surface area contributed by atoms with Gasteiger partial charge in [-0.3, -0.25) is 9.79 Å². The van der Waals surface area contributed by atoms with Gasteiger partial charge in [0.1, 0.15) is 0 Å². The summed E-state index contributed by atoms with van der Waals surface area (Å²) < 4.78 is 0. The molecule has 0 bridgehead atoms. The van der Waals surface area contributed by atoms with Crippen LogP contribution >= 0.6 is 0 Å². The van der Waals surface area contributed by atoms with E-state index in [9.17, 15) is 15.0 Å². The zero-order valence-electron chi connectivity index (χ0n) is 6.33. The van der Waals surface area contributed by atoms with Crippen LogP contribution in [0, 0.1) is 0 Å². The Morgan fingerprint density at radius 1 is 1.18 bits per heavy atom. The van der Waals surface area contributed by atoms with E-state index in [-0.39, 0.29) is 44.1 Å². The molecule has 1 aliphatic rings. The van der Waals surface area contributed by atoms with E-state index in [0.29, 0.717) is 0 Å². The minimum absolute atomic E-state index is 0. The predicted octanol–water partition coefficient (Wildman–Crippen LogP) is -8.60. The fourth-order valence-electron chi connectivity index (χ4n) is 0.447. The first kappa shape index (κ1) is 13.4. The Kier molecular flexibility index (Phi) is 6.64. The van der Waals surface area contributed by atoms with Gasteiger partial charge in [-0.15, -0.1) is 0 Å². The van der Waals surface area contributed by atoms with Crippen molar-refractivity contribution in [2.45, 2.75) is 6.42 Å². The van der Waals surface area contributed by atoms with Crippen molar-refractivity contribution >= 4 is 17.8 Å². The molecule has 0 radical (unpaired) electrons. The molecule has 0 spiro atoms. The summed E-state index contributed by atoms with van der Waals surface area (Å²) in [6.07, 6.45) is -0.369. The molecular formula is C4H2Li2N2O3. The number of hydrogen-bond donors (Lipinski definition) is 0. The van der Waals surface area contributed by atoms with E-state index in [1.54, 1.807) is 0 Å². The van der Waals surface area contributed by atoms with Crippen LogP contribution in [0.3, 0.4) is 0 Å². The number of amides is 1. The number of carbonyl (C=O) groups excluding carboxylic acids is 1. The molecular weight excluding hydrogens is 138 g/mol. The Bertz CT molecular complexity index is 213. The SMILES string of the molecule is O=C1CC([O-])=NC([O-])=N1.[Li+].[Li+]. The van der Waals surface area contributed by atoms with E-state index >= 15 is 0 Å². The Balaban J connectivity index is 0. The van der Waals surface area contributed by atoms with Crippen molar-refractivity contribution in [1.29, 1.82) is 0 Å². The van der Waals surface area contributed by atoms with E-state index in [4.69, 9.17) is 0 Å². The van der Waals surface area contributed by atoms with E-state index < -0.39 is 17.8 Å². The summed E-state index contributed by atoms with van der Waals surface area (Å²) in [5.41, 5.74) is 0. The molecule has 11 heavy (non-hydrogen) atoms. The van der Waals surface area contributed by atoms with Crippen LogP contribution in [-0.2, 0) is 4.79 Å². The van der Waals surface area contributed by atoms with Crippen LogP contribution in [0.25, 0.3) is 0 Å². The van der Waals surface area contributed by atoms with Gasteiger partial charge in [-0.25, -0.2) is 4.99 Å². The Morgan fingerprint density at radius 3 is 2.09 bits per heavy atom. The standard InChI is InChI=1S/C4H4N2O3.2Li/c7-2-1-3(8)6-4(9)5-2;;/h1H2,(H2,5,6,7,8,9);;/q;2*+1/p-2. The van der Waals surface area contributed by atoms with Gasteiger partial charge in [-0.2, -0.15) is 0 Å². The van der Waals surface area contributed by atoms with Crippen LogP contribution in [0.5, 0.6) is 0 Å². The van der Waals surface area contributed by atoms with Crippen molar-refractivity contribution in [3.8, 4) is 0 Å². The number of rotatable bonds is 0. The summed E-state index contributed by atoms with van der Waals surface area (Å²) >= 11 is 0. The number of carbonyl (C=O) groups is 1. The van der Waals surface area contributed by atoms with Gasteiger partial charge in [0.15, 0.2) is 0 Å². The number of hydrogen-bond acceptors (Lipinski definition) is 4. The molecule has 0 unspecified atom stereocenters. The smallest absolute Gasteiger partial charge is 0.861 e. The van der Waals surface area contributed by atoms with Crippen LogP contribution in [0.4, 0.5) is 0 Å². The molecule has 5 nitrogen and oxygen atoms in total. The van der Waals surface area contributed by atoms with E-state index in [1.165, 1.54) is 0 Å². The molecule has 0 atom stereocenters. The maximum atomic E-state index is 10.2. The third-order valence-electron chi connectivity index (χ3n) is 0.743. The van der Waals surface area contributed by atoms with Crippen LogP contribution in [0.2, 0.25) is 0 Å². The molecule has 0 fully saturated rings. The first-order valence-electron chi connectivity index (χ1n) is 2.21. The van der Waals surface area contributed by atoms with Gasteiger partial charge in [-0.05, 0) is 5.90 Å². The minimum Gasteiger partial charge on any atom is -0.861 e. The van der Waals surface area contributed by atoms with Crippen LogP contribution < -0.4 is 47.9 Å². The van der Waals surface area contributed by atoms with Crippen molar-refractivity contribution in [3.05, 3.63) is 0 Å². The maximum absolute atomic E-state index is 10.2. The largest absolute Gasteiger partial charge is 1.00 e. The van der Waals surface area contributed by atoms with Crippen LogP contribution in [0.15, 0.2) is 9.98 Å². The summed E-state index contributed by atoms with van der Waals surface area (Å²) in [5, 5.41) is 20.3. The summed E-state index contributed by atoms with van der Waals surface area (Å²) in [6, 6.07) is -0.990. The molecule has 0 aromatic rings. The number of nitrogens with zero attached hydrogens (tertiary/aromatic N) is 2. The van der Waals surface area contributed by atoms with Crippen LogP contribution in [0.1, 0.15) is 6.42 Å². The van der Waals surface area contributed by atoms with Gasteiger partial charge in [0.05, 0.1) is 12.4 Å². The van der Waals surface area contributed by atoms with Crippen molar-refractivity contribution in [1.82, 2.24) is 0 Å². The molecule has 0 aromatic heterocycles. The average molecular weight is 140 g/mol. The third-order valence-corrected chi connectivity index (χ3v) is 0.743. The van der Waals surface area contributed by atoms with Crippen LogP contribution in [-0.4, -0.2) is 17.8 Å². The molecule has 1 amide bonds. The van der Waals surface area contributed by atoms with Crippen molar-refractivity contribution < 1.29 is 52.7 Å². The maximum Gasteiger partial charge on any atom is 1.00 e. The first-order chi connectivity index (χ1) is 4.18. The van der Waals surface area contributed by atoms with Gasteiger partial charge in [0.2, 0.25) is 0 Å². The molecule has 0 aliphatic carbocycles. The fourth-order valence-corrected chi connectivity index (χ4v) is 0.447. The first-order valence-corrected chi connectivity index (χ1v) is 2.21. The van der Waals surface area contributed by atoms with Gasteiger partial charge in [0.25, 0.3) is 5.91 Å². The Hall–Kier alpha value is -0.195. The second kappa shape index (κ2) is 5.45. The normalized spacial score (nSPS) is 15.5. The fraction of sp³-hybridized carbons (Fsp3) is 0.250. The van der Waals surface area contributed by atoms with Crippen molar-refractivity contribution in [2.75, 3.05) is 0 Å². The van der Waals surface area contributed by atoms with Gasteiger partial charge in [0, 0.05) is 0 Å². The quantitative estimate of drug-likeness (QED) is 0.313. The number of amidine groups is 1. The van der Waals surface area contributed by atoms with Gasteiger partial charge < -0.3 is 10.2 Å². The third kappa shape index (κ3) is 4.29. The average Bonchev–Trinajstić information content (AvgIpc) is 1.59. The second-order valence-electron chi connectivity index (χ2n) is 1.47. The topological polar surface area (TPSA) is 87.9 Å². The Labute approximate surface area is 87.0 Å². The minimum atomic E-state index is -0.990. The molecule has 0 saturated carbocycles. The summed E-state index contributed by atoms with van der Waals surface area (Å²) in [7, 11) is 0. The summed E-state index contributed by atoms with van der Waals surface area (Å²) in [6.45, 7) is 0. The van der Waals surface area contributed by atoms with Gasteiger partial charge in [-0.1, -0.05) is 0 Å². The molecule has 0 saturated heterocycles.